The summed E-state index contributed by atoms with van der Waals surface area (Å²) >= 11 is 5.05. The van der Waals surface area contributed by atoms with Crippen molar-refractivity contribution in [3.05, 3.63) is 28.7 Å². The third kappa shape index (κ3) is 5.16. The van der Waals surface area contributed by atoms with Gasteiger partial charge < -0.3 is 10.1 Å². The second-order valence-electron chi connectivity index (χ2n) is 4.49. The average molecular weight is 346 g/mol. The van der Waals surface area contributed by atoms with Gasteiger partial charge in [-0.3, -0.25) is 4.79 Å². The number of thioether (sulfide) groups is 1. The number of rotatable bonds is 7. The molecule has 0 aliphatic heterocycles. The zero-order valence-corrected chi connectivity index (χ0v) is 13.9. The van der Waals surface area contributed by atoms with Crippen LogP contribution in [0.25, 0.3) is 0 Å². The fourth-order valence-corrected chi connectivity index (χ4v) is 2.83. The number of halogens is 1. The van der Waals surface area contributed by atoms with Crippen LogP contribution < -0.4 is 5.32 Å². The average Bonchev–Trinajstić information content (AvgIpc) is 2.43. The summed E-state index contributed by atoms with van der Waals surface area (Å²) in [6.45, 7) is 4.76. The Kier molecular flexibility index (Phi) is 6.89. The molecule has 0 amide bonds. The first-order valence-corrected chi connectivity index (χ1v) is 8.01. The molecule has 3 nitrogen and oxygen atoms in total. The van der Waals surface area contributed by atoms with Crippen LogP contribution >= 0.6 is 27.7 Å². The van der Waals surface area contributed by atoms with Gasteiger partial charge in [-0.15, -0.1) is 11.8 Å². The van der Waals surface area contributed by atoms with Crippen molar-refractivity contribution in [2.24, 2.45) is 0 Å². The smallest absolute Gasteiger partial charge is 0.326 e. The van der Waals surface area contributed by atoms with E-state index in [4.69, 9.17) is 4.74 Å². The molecule has 1 aromatic carbocycles. The number of hydrogen-bond donors (Lipinski definition) is 1. The first-order chi connectivity index (χ1) is 9.01. The normalized spacial score (nSPS) is 13.9. The maximum absolute atomic E-state index is 11.9. The van der Waals surface area contributed by atoms with Crippen molar-refractivity contribution >= 4 is 33.7 Å². The maximum atomic E-state index is 11.9. The number of esters is 1. The molecule has 0 saturated carbocycles. The molecule has 0 fully saturated rings. The highest BCUT2D eigenvalue weighted by molar-refractivity contribution is 9.10. The van der Waals surface area contributed by atoms with Crippen LogP contribution in [0.2, 0.25) is 0 Å². The molecule has 0 aliphatic rings. The van der Waals surface area contributed by atoms with E-state index in [1.54, 1.807) is 11.8 Å². The van der Waals surface area contributed by atoms with E-state index >= 15 is 0 Å². The van der Waals surface area contributed by atoms with Crippen molar-refractivity contribution < 1.29 is 9.53 Å². The van der Waals surface area contributed by atoms with Gasteiger partial charge in [0, 0.05) is 15.1 Å². The summed E-state index contributed by atoms with van der Waals surface area (Å²) in [6.07, 6.45) is 0.982. The Morgan fingerprint density at radius 1 is 1.42 bits per heavy atom. The van der Waals surface area contributed by atoms with Crippen LogP contribution in [0.4, 0.5) is 0 Å². The molecule has 0 saturated heterocycles. The molecule has 106 valence electrons. The van der Waals surface area contributed by atoms with E-state index in [0.717, 1.165) is 22.3 Å². The number of methoxy groups -OCH3 is 1. The van der Waals surface area contributed by atoms with Gasteiger partial charge in [0.25, 0.3) is 0 Å². The third-order valence-electron chi connectivity index (χ3n) is 2.74. The number of carbonyl (C=O) groups is 1. The van der Waals surface area contributed by atoms with Gasteiger partial charge in [0.05, 0.1) is 7.11 Å². The minimum absolute atomic E-state index is 0.217. The molecule has 0 heterocycles. The Morgan fingerprint density at radius 2 is 2.05 bits per heavy atom. The topological polar surface area (TPSA) is 38.3 Å². The lowest BCUT2D eigenvalue weighted by molar-refractivity contribution is -0.146. The predicted molar refractivity (Wildman–Crippen MR) is 83.6 cm³/mol. The summed E-state index contributed by atoms with van der Waals surface area (Å²) in [6, 6.07) is 8.06. The summed E-state index contributed by atoms with van der Waals surface area (Å²) in [5.74, 6) is 0.423. The molecule has 1 unspecified atom stereocenters. The number of benzene rings is 1. The van der Waals surface area contributed by atoms with Gasteiger partial charge >= 0.3 is 5.97 Å². The van der Waals surface area contributed by atoms with Crippen molar-refractivity contribution in [3.8, 4) is 0 Å². The van der Waals surface area contributed by atoms with E-state index in [9.17, 15) is 4.79 Å². The zero-order valence-electron chi connectivity index (χ0n) is 11.5. The van der Waals surface area contributed by atoms with E-state index in [1.807, 2.05) is 31.2 Å². The van der Waals surface area contributed by atoms with Crippen molar-refractivity contribution in [1.82, 2.24) is 5.32 Å². The fourth-order valence-electron chi connectivity index (χ4n) is 1.57. The lowest BCUT2D eigenvalue weighted by atomic mass is 10.1. The number of nitrogens with one attached hydrogen (secondary N) is 1. The van der Waals surface area contributed by atoms with E-state index in [-0.39, 0.29) is 5.97 Å². The summed E-state index contributed by atoms with van der Waals surface area (Å²) in [5.41, 5.74) is -0.650. The molecule has 1 rings (SSSR count). The molecule has 0 aliphatic carbocycles. The maximum Gasteiger partial charge on any atom is 0.326 e. The minimum Gasteiger partial charge on any atom is -0.468 e. The molecule has 1 aromatic rings. The standard InChI is InChI=1S/C14H20BrNO2S/c1-4-9-16-14(2,13(17)18-3)10-19-12-7-5-11(15)6-8-12/h5-8,16H,4,9-10H2,1-3H3. The van der Waals surface area contributed by atoms with Crippen LogP contribution in [0.5, 0.6) is 0 Å². The highest BCUT2D eigenvalue weighted by atomic mass is 79.9. The van der Waals surface area contributed by atoms with Gasteiger partial charge in [0.2, 0.25) is 0 Å². The molecular weight excluding hydrogens is 326 g/mol. The molecule has 0 spiro atoms. The van der Waals surface area contributed by atoms with Crippen molar-refractivity contribution in [1.29, 1.82) is 0 Å². The van der Waals surface area contributed by atoms with Crippen molar-refractivity contribution in [2.45, 2.75) is 30.7 Å². The first-order valence-electron chi connectivity index (χ1n) is 6.23. The van der Waals surface area contributed by atoms with Crippen LogP contribution in [0.3, 0.4) is 0 Å². The molecule has 0 radical (unpaired) electrons. The number of carbonyl (C=O) groups excluding carboxylic acids is 1. The molecular formula is C14H20BrNO2S. The third-order valence-corrected chi connectivity index (χ3v) is 4.60. The van der Waals surface area contributed by atoms with Gasteiger partial charge in [-0.1, -0.05) is 22.9 Å². The quantitative estimate of drug-likeness (QED) is 0.606. The highest BCUT2D eigenvalue weighted by Crippen LogP contribution is 2.25. The summed E-state index contributed by atoms with van der Waals surface area (Å²) in [7, 11) is 1.43. The SMILES string of the molecule is CCCNC(C)(CSc1ccc(Br)cc1)C(=O)OC. The second kappa shape index (κ2) is 7.92. The Bertz CT molecular complexity index is 410. The molecule has 1 N–H and O–H groups in total. The van der Waals surface area contributed by atoms with Crippen LogP contribution in [-0.2, 0) is 9.53 Å². The predicted octanol–water partition coefficient (Wildman–Crippen LogP) is 3.47. The van der Waals surface area contributed by atoms with E-state index in [1.165, 1.54) is 7.11 Å². The lowest BCUT2D eigenvalue weighted by Crippen LogP contribution is -2.52. The van der Waals surface area contributed by atoms with Crippen LogP contribution in [0.15, 0.2) is 33.6 Å². The van der Waals surface area contributed by atoms with E-state index in [2.05, 4.69) is 28.2 Å². The monoisotopic (exact) mass is 345 g/mol. The Balaban J connectivity index is 2.67. The molecule has 5 heteroatoms. The van der Waals surface area contributed by atoms with Gasteiger partial charge in [-0.25, -0.2) is 0 Å². The molecule has 0 bridgehead atoms. The Labute approximate surface area is 127 Å². The van der Waals surface area contributed by atoms with Crippen molar-refractivity contribution in [3.63, 3.8) is 0 Å². The summed E-state index contributed by atoms with van der Waals surface area (Å²) < 4.78 is 5.95. The summed E-state index contributed by atoms with van der Waals surface area (Å²) in [4.78, 5) is 13.0. The Hall–Kier alpha value is -0.520. The largest absolute Gasteiger partial charge is 0.468 e. The van der Waals surface area contributed by atoms with Crippen LogP contribution in [0.1, 0.15) is 20.3 Å². The lowest BCUT2D eigenvalue weighted by Gasteiger charge is -2.27. The minimum atomic E-state index is -0.650. The summed E-state index contributed by atoms with van der Waals surface area (Å²) in [5, 5.41) is 3.27. The zero-order chi connectivity index (χ0) is 14.3. The van der Waals surface area contributed by atoms with Gasteiger partial charge in [-0.05, 0) is 44.2 Å². The van der Waals surface area contributed by atoms with Gasteiger partial charge in [-0.2, -0.15) is 0 Å². The van der Waals surface area contributed by atoms with Crippen LogP contribution in [-0.4, -0.2) is 30.9 Å². The highest BCUT2D eigenvalue weighted by Gasteiger charge is 2.33. The fraction of sp³-hybridized carbons (Fsp3) is 0.500. The van der Waals surface area contributed by atoms with Crippen LogP contribution in [0, 0.1) is 0 Å². The van der Waals surface area contributed by atoms with Crippen molar-refractivity contribution in [2.75, 3.05) is 19.4 Å². The number of ether oxygens (including phenoxy) is 1. The second-order valence-corrected chi connectivity index (χ2v) is 6.46. The molecule has 1 atom stereocenters. The van der Waals surface area contributed by atoms with Gasteiger partial charge in [0.1, 0.15) is 5.54 Å². The van der Waals surface area contributed by atoms with E-state index in [0.29, 0.717) is 5.75 Å². The molecule has 0 aromatic heterocycles. The number of hydrogen-bond acceptors (Lipinski definition) is 4. The first kappa shape index (κ1) is 16.5. The Morgan fingerprint density at radius 3 is 2.58 bits per heavy atom. The van der Waals surface area contributed by atoms with E-state index < -0.39 is 5.54 Å². The van der Waals surface area contributed by atoms with Gasteiger partial charge in [0.15, 0.2) is 0 Å². The molecule has 19 heavy (non-hydrogen) atoms.